The van der Waals surface area contributed by atoms with Crippen LogP contribution in [-0.2, 0) is 9.19 Å². The van der Waals surface area contributed by atoms with E-state index in [2.05, 4.69) is 0 Å². The summed E-state index contributed by atoms with van der Waals surface area (Å²) in [5.74, 6) is 0. The van der Waals surface area contributed by atoms with Crippen LogP contribution in [0.1, 0.15) is 27.7 Å². The highest BCUT2D eigenvalue weighted by molar-refractivity contribution is 7.17. The van der Waals surface area contributed by atoms with Crippen molar-refractivity contribution in [3.8, 4) is 0 Å². The maximum Gasteiger partial charge on any atom is 0.513 e. The summed E-state index contributed by atoms with van der Waals surface area (Å²) in [5, 5.41) is 1.71. The Hall–Kier alpha value is 0.0200. The van der Waals surface area contributed by atoms with Crippen LogP contribution in [-0.4, -0.2) is 17.1 Å². The molecule has 0 amide bonds. The first kappa shape index (κ1) is 10.0. The van der Waals surface area contributed by atoms with Gasteiger partial charge in [0.05, 0.1) is 0 Å². The molecule has 1 unspecified atom stereocenters. The third kappa shape index (κ3) is 3.25. The van der Waals surface area contributed by atoms with Gasteiger partial charge in [0.1, 0.15) is 0 Å². The minimum atomic E-state index is -0.700. The Labute approximate surface area is 63.6 Å². The van der Waals surface area contributed by atoms with Crippen molar-refractivity contribution in [2.24, 2.45) is 0 Å². The molecule has 4 heteroatoms. The molecule has 10 heavy (non-hydrogen) atoms. The summed E-state index contributed by atoms with van der Waals surface area (Å²) in [7, 11) is -0.700. The van der Waals surface area contributed by atoms with Gasteiger partial charge in [-0.15, -0.1) is 5.06 Å². The van der Waals surface area contributed by atoms with Gasteiger partial charge >= 0.3 is 8.69 Å². The number of hydrogen-bond donors (Lipinski definition) is 0. The molecule has 1 atom stereocenters. The zero-order valence-electron chi connectivity index (χ0n) is 6.92. The van der Waals surface area contributed by atoms with E-state index < -0.39 is 8.69 Å². The van der Waals surface area contributed by atoms with Gasteiger partial charge in [0, 0.05) is 12.1 Å². The fraction of sp³-hybridized carbons (Fsp3) is 1.00. The van der Waals surface area contributed by atoms with Gasteiger partial charge < -0.3 is 0 Å². The van der Waals surface area contributed by atoms with Crippen molar-refractivity contribution in [1.29, 1.82) is 0 Å². The molecule has 0 bridgehead atoms. The van der Waals surface area contributed by atoms with Gasteiger partial charge in [-0.1, -0.05) is 0 Å². The van der Waals surface area contributed by atoms with E-state index in [1.165, 1.54) is 0 Å². The van der Waals surface area contributed by atoms with E-state index in [1.54, 1.807) is 5.06 Å². The molecule has 0 heterocycles. The molecule has 0 saturated heterocycles. The van der Waals surface area contributed by atoms with E-state index in [0.29, 0.717) is 0 Å². The van der Waals surface area contributed by atoms with Crippen LogP contribution >= 0.6 is 8.69 Å². The summed E-state index contributed by atoms with van der Waals surface area (Å²) in [6.45, 7) is 8.00. The Bertz CT molecular complexity index is 97.9. The van der Waals surface area contributed by atoms with Crippen LogP contribution < -0.4 is 0 Å². The van der Waals surface area contributed by atoms with Gasteiger partial charge in [0.2, 0.25) is 0 Å². The van der Waals surface area contributed by atoms with Gasteiger partial charge in [0.15, 0.2) is 0 Å². The summed E-state index contributed by atoms with van der Waals surface area (Å²) in [6, 6.07) is 0.558. The highest BCUT2D eigenvalue weighted by atomic mass is 31.1. The highest BCUT2D eigenvalue weighted by Crippen LogP contribution is 2.10. The standard InChI is InChI=1S/C6H15NO2P/c1-5(2)7(6(3)4)9-10-8/h5-6,10H,1-4H3/q+1. The van der Waals surface area contributed by atoms with Crippen molar-refractivity contribution in [3.05, 3.63) is 0 Å². The molecule has 0 N–H and O–H groups in total. The van der Waals surface area contributed by atoms with Crippen molar-refractivity contribution in [2.75, 3.05) is 0 Å². The molecule has 0 aromatic heterocycles. The smallest absolute Gasteiger partial charge is 0.134 e. The fourth-order valence-electron chi connectivity index (χ4n) is 0.850. The monoisotopic (exact) mass is 164 g/mol. The van der Waals surface area contributed by atoms with Crippen molar-refractivity contribution < 1.29 is 9.19 Å². The fourth-order valence-corrected chi connectivity index (χ4v) is 1.36. The molecule has 0 fully saturated rings. The van der Waals surface area contributed by atoms with Crippen molar-refractivity contribution >= 4 is 8.69 Å². The third-order valence-corrected chi connectivity index (χ3v) is 1.45. The molecule has 0 saturated carbocycles. The van der Waals surface area contributed by atoms with Crippen molar-refractivity contribution in [1.82, 2.24) is 5.06 Å². The van der Waals surface area contributed by atoms with Crippen molar-refractivity contribution in [3.63, 3.8) is 0 Å². The van der Waals surface area contributed by atoms with E-state index in [9.17, 15) is 4.57 Å². The zero-order valence-corrected chi connectivity index (χ0v) is 7.92. The normalized spacial score (nSPS) is 12.3. The Balaban J connectivity index is 3.84. The van der Waals surface area contributed by atoms with E-state index in [-0.39, 0.29) is 12.1 Å². The van der Waals surface area contributed by atoms with Gasteiger partial charge in [0.25, 0.3) is 0 Å². The average molecular weight is 164 g/mol. The van der Waals surface area contributed by atoms with Gasteiger partial charge in [-0.05, 0) is 36.9 Å². The van der Waals surface area contributed by atoms with Crippen LogP contribution in [0.3, 0.4) is 0 Å². The molecule has 0 aromatic carbocycles. The second-order valence-corrected chi connectivity index (χ2v) is 3.07. The first-order valence-electron chi connectivity index (χ1n) is 3.42. The summed E-state index contributed by atoms with van der Waals surface area (Å²) in [6.07, 6.45) is 0. The van der Waals surface area contributed by atoms with Crippen molar-refractivity contribution in [2.45, 2.75) is 39.8 Å². The van der Waals surface area contributed by atoms with Gasteiger partial charge in [-0.2, -0.15) is 0 Å². The highest BCUT2D eigenvalue weighted by Gasteiger charge is 2.17. The molecule has 0 aliphatic rings. The summed E-state index contributed by atoms with van der Waals surface area (Å²) in [4.78, 5) is 0. The van der Waals surface area contributed by atoms with Gasteiger partial charge in [-0.25, -0.2) is 0 Å². The summed E-state index contributed by atoms with van der Waals surface area (Å²) >= 11 is 0. The minimum absolute atomic E-state index is 0.279. The number of nitrogens with zero attached hydrogens (tertiary/aromatic N) is 1. The minimum Gasteiger partial charge on any atom is -0.134 e. The lowest BCUT2D eigenvalue weighted by atomic mass is 10.3. The number of hydroxylamine groups is 2. The summed E-state index contributed by atoms with van der Waals surface area (Å²) in [5.41, 5.74) is 0. The lowest BCUT2D eigenvalue weighted by Crippen LogP contribution is -2.34. The second-order valence-electron chi connectivity index (χ2n) is 2.72. The predicted molar refractivity (Wildman–Crippen MR) is 42.2 cm³/mol. The van der Waals surface area contributed by atoms with E-state index in [1.807, 2.05) is 27.7 Å². The number of hydrogen-bond acceptors (Lipinski definition) is 3. The Morgan fingerprint density at radius 3 is 1.70 bits per heavy atom. The first-order chi connectivity index (χ1) is 4.59. The Morgan fingerprint density at radius 2 is 1.60 bits per heavy atom. The molecule has 3 nitrogen and oxygen atoms in total. The van der Waals surface area contributed by atoms with Crippen LogP contribution in [0.5, 0.6) is 0 Å². The van der Waals surface area contributed by atoms with Crippen LogP contribution in [0.15, 0.2) is 0 Å². The van der Waals surface area contributed by atoms with Crippen LogP contribution in [0.4, 0.5) is 0 Å². The maximum absolute atomic E-state index is 10.1. The number of rotatable bonds is 4. The molecule has 0 aliphatic heterocycles. The lowest BCUT2D eigenvalue weighted by molar-refractivity contribution is -0.100. The molecule has 0 rings (SSSR count). The summed E-state index contributed by atoms with van der Waals surface area (Å²) < 4.78 is 15.0. The van der Waals surface area contributed by atoms with E-state index in [0.717, 1.165) is 0 Å². The second kappa shape index (κ2) is 4.78. The Morgan fingerprint density at radius 1 is 1.20 bits per heavy atom. The lowest BCUT2D eigenvalue weighted by Gasteiger charge is -2.21. The molecule has 60 valence electrons. The quantitative estimate of drug-likeness (QED) is 0.470. The first-order valence-corrected chi connectivity index (χ1v) is 4.23. The predicted octanol–water partition coefficient (Wildman–Crippen LogP) is 1.98. The SMILES string of the molecule is CC(C)N(O[PH+]=O)C(C)C. The molecule has 0 spiro atoms. The van der Waals surface area contributed by atoms with Crippen LogP contribution in [0.25, 0.3) is 0 Å². The van der Waals surface area contributed by atoms with E-state index >= 15 is 0 Å². The topological polar surface area (TPSA) is 29.5 Å². The van der Waals surface area contributed by atoms with E-state index in [4.69, 9.17) is 4.62 Å². The average Bonchev–Trinajstić information content (AvgIpc) is 1.81. The van der Waals surface area contributed by atoms with Crippen LogP contribution in [0, 0.1) is 0 Å². The molecule has 0 aromatic rings. The maximum atomic E-state index is 10.1. The molecular formula is C6H15NO2P+. The molecule has 0 radical (unpaired) electrons. The molecular weight excluding hydrogens is 149 g/mol. The molecule has 0 aliphatic carbocycles. The van der Waals surface area contributed by atoms with Crippen LogP contribution in [0.2, 0.25) is 0 Å². The zero-order chi connectivity index (χ0) is 8.15. The van der Waals surface area contributed by atoms with Gasteiger partial charge in [-0.3, -0.25) is 0 Å². The third-order valence-electron chi connectivity index (χ3n) is 1.16. The largest absolute Gasteiger partial charge is 0.513 e. The Kier molecular flexibility index (Phi) is 4.79.